The molecule has 0 saturated carbocycles. The number of carbonyl (C=O) groups excluding carboxylic acids is 1. The predicted molar refractivity (Wildman–Crippen MR) is 130 cm³/mol. The third kappa shape index (κ3) is 11.4. The summed E-state index contributed by atoms with van der Waals surface area (Å²) in [5.74, 6) is -0.275. The lowest BCUT2D eigenvalue weighted by atomic mass is 9.92. The van der Waals surface area contributed by atoms with Crippen LogP contribution in [0.25, 0.3) is 0 Å². The summed E-state index contributed by atoms with van der Waals surface area (Å²) in [6.45, 7) is 10.5. The van der Waals surface area contributed by atoms with Gasteiger partial charge in [-0.1, -0.05) is 6.07 Å². The first-order chi connectivity index (χ1) is 17.1. The quantitative estimate of drug-likeness (QED) is 0.619. The Labute approximate surface area is 212 Å². The number of nitrogens with one attached hydrogen (secondary N) is 1. The van der Waals surface area contributed by atoms with Crippen LogP contribution in [0.1, 0.15) is 33.3 Å². The molecule has 1 aromatic carbocycles. The topological polar surface area (TPSA) is 131 Å². The molecule has 204 valence electrons. The lowest BCUT2D eigenvalue weighted by molar-refractivity contribution is -0.144. The first-order valence-electron chi connectivity index (χ1n) is 12.0. The fourth-order valence-electron chi connectivity index (χ4n) is 3.19. The summed E-state index contributed by atoms with van der Waals surface area (Å²) in [7, 11) is 0. The first kappa shape index (κ1) is 29.6. The van der Waals surface area contributed by atoms with Gasteiger partial charge >= 0.3 is 12.1 Å². The van der Waals surface area contributed by atoms with E-state index in [0.29, 0.717) is 76.5 Å². The van der Waals surface area contributed by atoms with Gasteiger partial charge in [0.05, 0.1) is 52.9 Å². The molecule has 0 aromatic heterocycles. The third-order valence-electron chi connectivity index (χ3n) is 4.90. The molecule has 2 rings (SSSR count). The number of carboxylic acids is 1. The molecular formula is C25H39NO10. The number of rotatable bonds is 4. The van der Waals surface area contributed by atoms with E-state index in [1.807, 2.05) is 0 Å². The van der Waals surface area contributed by atoms with Crippen molar-refractivity contribution in [2.75, 3.05) is 66.1 Å². The Balaban J connectivity index is 2.11. The minimum absolute atomic E-state index is 0.00480. The Bertz CT molecular complexity index is 826. The summed E-state index contributed by atoms with van der Waals surface area (Å²) in [6, 6.07) is 5.13. The molecule has 36 heavy (non-hydrogen) atoms. The molecule has 0 saturated heterocycles. The van der Waals surface area contributed by atoms with Crippen LogP contribution in [0.15, 0.2) is 18.2 Å². The monoisotopic (exact) mass is 513 g/mol. The van der Waals surface area contributed by atoms with E-state index in [-0.39, 0.29) is 13.0 Å². The molecule has 1 atom stereocenters. The van der Waals surface area contributed by atoms with Gasteiger partial charge in [0.25, 0.3) is 0 Å². The Morgan fingerprint density at radius 2 is 1.28 bits per heavy atom. The maximum atomic E-state index is 12.3. The van der Waals surface area contributed by atoms with Crippen molar-refractivity contribution in [1.82, 2.24) is 5.32 Å². The summed E-state index contributed by atoms with van der Waals surface area (Å²) in [5.41, 5.74) is -1.74. The van der Waals surface area contributed by atoms with Crippen molar-refractivity contribution >= 4 is 12.1 Å². The standard InChI is InChI=1S/C25H39NO10/c1-24(2,3)36-23(29)26-25(4,22(27)28)18-19-5-6-20-21(17-19)35-16-14-33-12-10-31-8-7-30-9-11-32-13-15-34-20/h5-6,17H,7-16,18H2,1-4H3,(H,26,29)(H,27,28)/t25-/m0/s1. The highest BCUT2D eigenvalue weighted by molar-refractivity contribution is 5.84. The highest BCUT2D eigenvalue weighted by Gasteiger charge is 2.37. The third-order valence-corrected chi connectivity index (χ3v) is 4.90. The van der Waals surface area contributed by atoms with E-state index >= 15 is 0 Å². The van der Waals surface area contributed by atoms with Gasteiger partial charge in [-0.3, -0.25) is 0 Å². The number of carbonyl (C=O) groups is 2. The number of benzene rings is 1. The van der Waals surface area contributed by atoms with Gasteiger partial charge in [-0.15, -0.1) is 0 Å². The number of alkyl carbamates (subject to hydrolysis) is 1. The van der Waals surface area contributed by atoms with Crippen LogP contribution < -0.4 is 14.8 Å². The van der Waals surface area contributed by atoms with Crippen LogP contribution in [0.4, 0.5) is 4.79 Å². The predicted octanol–water partition coefficient (Wildman–Crippen LogP) is 2.43. The number of hydrogen-bond donors (Lipinski definition) is 2. The molecule has 0 bridgehead atoms. The SMILES string of the molecule is CC(C)(C)OC(=O)N[C@@](C)(Cc1ccc2c(c1)OCCOCCOCCOCCOCCO2)C(=O)O. The second kappa shape index (κ2) is 14.8. The van der Waals surface area contributed by atoms with Crippen LogP contribution in [0.5, 0.6) is 11.5 Å². The summed E-state index contributed by atoms with van der Waals surface area (Å²) < 4.78 is 38.9. The minimum atomic E-state index is -1.61. The lowest BCUT2D eigenvalue weighted by Gasteiger charge is -2.28. The summed E-state index contributed by atoms with van der Waals surface area (Å²) in [4.78, 5) is 24.3. The largest absolute Gasteiger partial charge is 0.487 e. The number of carboxylic acid groups (broad SMARTS) is 1. The smallest absolute Gasteiger partial charge is 0.408 e. The molecule has 1 amide bonds. The molecule has 11 nitrogen and oxygen atoms in total. The molecule has 2 N–H and O–H groups in total. The van der Waals surface area contributed by atoms with Crippen molar-refractivity contribution in [1.29, 1.82) is 0 Å². The van der Waals surface area contributed by atoms with Crippen LogP contribution in [-0.2, 0) is 34.9 Å². The van der Waals surface area contributed by atoms with E-state index in [2.05, 4.69) is 5.32 Å². The molecule has 1 aliphatic rings. The number of fused-ring (bicyclic) bond motifs is 1. The first-order valence-corrected chi connectivity index (χ1v) is 12.0. The van der Waals surface area contributed by atoms with E-state index in [0.717, 1.165) is 0 Å². The second-order valence-electron chi connectivity index (χ2n) is 9.37. The molecule has 1 aliphatic heterocycles. The van der Waals surface area contributed by atoms with Gasteiger partial charge in [0.1, 0.15) is 24.4 Å². The number of amides is 1. The van der Waals surface area contributed by atoms with Crippen LogP contribution in [0.3, 0.4) is 0 Å². The Hall–Kier alpha value is -2.60. The minimum Gasteiger partial charge on any atom is -0.487 e. The van der Waals surface area contributed by atoms with Crippen LogP contribution in [0.2, 0.25) is 0 Å². The Morgan fingerprint density at radius 1 is 0.806 bits per heavy atom. The molecule has 1 aromatic rings. The maximum Gasteiger partial charge on any atom is 0.408 e. The van der Waals surface area contributed by atoms with Gasteiger partial charge in [-0.05, 0) is 45.4 Å². The molecule has 0 spiro atoms. The van der Waals surface area contributed by atoms with E-state index in [1.54, 1.807) is 39.0 Å². The number of hydrogen-bond acceptors (Lipinski definition) is 9. The van der Waals surface area contributed by atoms with Gasteiger partial charge in [0.2, 0.25) is 0 Å². The van der Waals surface area contributed by atoms with Gasteiger partial charge in [-0.25, -0.2) is 9.59 Å². The van der Waals surface area contributed by atoms with E-state index in [4.69, 9.17) is 33.2 Å². The molecule has 1 heterocycles. The summed E-state index contributed by atoms with van der Waals surface area (Å²) >= 11 is 0. The summed E-state index contributed by atoms with van der Waals surface area (Å²) in [6.07, 6.45) is -0.815. The van der Waals surface area contributed by atoms with E-state index in [1.165, 1.54) is 6.92 Å². The molecule has 0 aliphatic carbocycles. The van der Waals surface area contributed by atoms with Crippen molar-refractivity contribution in [3.63, 3.8) is 0 Å². The average molecular weight is 514 g/mol. The molecule has 0 unspecified atom stereocenters. The van der Waals surface area contributed by atoms with Gasteiger partial charge < -0.3 is 43.6 Å². The zero-order chi connectivity index (χ0) is 26.4. The zero-order valence-corrected chi connectivity index (χ0v) is 21.6. The maximum absolute atomic E-state index is 12.3. The Kier molecular flexibility index (Phi) is 12.2. The molecule has 0 radical (unpaired) electrons. The summed E-state index contributed by atoms with van der Waals surface area (Å²) in [5, 5.41) is 12.3. The highest BCUT2D eigenvalue weighted by atomic mass is 16.6. The van der Waals surface area contributed by atoms with Gasteiger partial charge in [0.15, 0.2) is 11.5 Å². The normalized spacial score (nSPS) is 18.7. The lowest BCUT2D eigenvalue weighted by Crippen LogP contribution is -2.54. The van der Waals surface area contributed by atoms with Gasteiger partial charge in [0, 0.05) is 6.42 Å². The van der Waals surface area contributed by atoms with Crippen molar-refractivity contribution in [2.45, 2.75) is 45.3 Å². The van der Waals surface area contributed by atoms with E-state index in [9.17, 15) is 14.7 Å². The Morgan fingerprint density at radius 3 is 1.75 bits per heavy atom. The van der Waals surface area contributed by atoms with Gasteiger partial charge in [-0.2, -0.15) is 0 Å². The highest BCUT2D eigenvalue weighted by Crippen LogP contribution is 2.30. The average Bonchev–Trinajstić information content (AvgIpc) is 2.77. The second-order valence-corrected chi connectivity index (χ2v) is 9.37. The zero-order valence-electron chi connectivity index (χ0n) is 21.6. The van der Waals surface area contributed by atoms with Crippen LogP contribution >= 0.6 is 0 Å². The van der Waals surface area contributed by atoms with Crippen molar-refractivity contribution in [2.24, 2.45) is 0 Å². The molecule has 0 fully saturated rings. The molecule has 11 heteroatoms. The fourth-order valence-corrected chi connectivity index (χ4v) is 3.19. The molecular weight excluding hydrogens is 474 g/mol. The van der Waals surface area contributed by atoms with Crippen LogP contribution in [0, 0.1) is 0 Å². The fraction of sp³-hybridized carbons (Fsp3) is 0.680. The number of aliphatic carboxylic acids is 1. The van der Waals surface area contributed by atoms with Crippen LogP contribution in [-0.4, -0.2) is 94.4 Å². The number of ether oxygens (including phenoxy) is 7. The van der Waals surface area contributed by atoms with Crippen molar-refractivity contribution < 1.29 is 47.9 Å². The van der Waals surface area contributed by atoms with Crippen molar-refractivity contribution in [3.8, 4) is 11.5 Å². The van der Waals surface area contributed by atoms with Crippen molar-refractivity contribution in [3.05, 3.63) is 23.8 Å². The van der Waals surface area contributed by atoms with E-state index < -0.39 is 23.2 Å².